The molecule has 0 aromatic heterocycles. The second-order valence-corrected chi connectivity index (χ2v) is 9.73. The van der Waals surface area contributed by atoms with E-state index in [1.165, 1.54) is 0 Å². The van der Waals surface area contributed by atoms with Crippen molar-refractivity contribution in [1.82, 2.24) is 0 Å². The molecule has 1 heterocycles. The molecule has 6 heteroatoms. The summed E-state index contributed by atoms with van der Waals surface area (Å²) in [5.74, 6) is 0.357. The molecule has 0 saturated carbocycles. The first-order valence-corrected chi connectivity index (χ1v) is 12.2. The standard InChI is InChI=1S/C19H40O5Si/c1-5-8-11-22-25(23-12-9-6-2,24-13-10-7-3)17-18(4)14-20-15-19-16-21-19/h18-19H,5-17H2,1-4H3. The van der Waals surface area contributed by atoms with Gasteiger partial charge < -0.3 is 22.8 Å². The van der Waals surface area contributed by atoms with Gasteiger partial charge in [0.05, 0.1) is 13.2 Å². The van der Waals surface area contributed by atoms with Crippen molar-refractivity contribution >= 4 is 8.80 Å². The monoisotopic (exact) mass is 376 g/mol. The van der Waals surface area contributed by atoms with Gasteiger partial charge in [0, 0.05) is 32.5 Å². The zero-order valence-electron chi connectivity index (χ0n) is 16.9. The summed E-state index contributed by atoms with van der Waals surface area (Å²) in [4.78, 5) is 0. The van der Waals surface area contributed by atoms with Crippen LogP contribution in [-0.4, -0.2) is 54.5 Å². The van der Waals surface area contributed by atoms with Gasteiger partial charge in [-0.05, 0) is 25.2 Å². The fourth-order valence-electron chi connectivity index (χ4n) is 2.47. The van der Waals surface area contributed by atoms with Crippen molar-refractivity contribution in [2.24, 2.45) is 5.92 Å². The van der Waals surface area contributed by atoms with Crippen molar-refractivity contribution in [1.29, 1.82) is 0 Å². The van der Waals surface area contributed by atoms with Crippen molar-refractivity contribution in [3.05, 3.63) is 0 Å². The molecule has 1 aliphatic heterocycles. The summed E-state index contributed by atoms with van der Waals surface area (Å²) in [5.41, 5.74) is 0. The number of epoxide rings is 1. The van der Waals surface area contributed by atoms with Gasteiger partial charge in [-0.25, -0.2) is 0 Å². The maximum atomic E-state index is 6.29. The SMILES string of the molecule is CCCCO[Si](CC(C)COCC1CO1)(OCCCC)OCCCC. The van der Waals surface area contributed by atoms with Crippen LogP contribution in [0.25, 0.3) is 0 Å². The van der Waals surface area contributed by atoms with E-state index in [1.54, 1.807) is 0 Å². The summed E-state index contributed by atoms with van der Waals surface area (Å²) < 4.78 is 29.8. The fourth-order valence-corrected chi connectivity index (χ4v) is 5.41. The Hall–Kier alpha value is 0.0169. The summed E-state index contributed by atoms with van der Waals surface area (Å²) in [6, 6.07) is 0.829. The van der Waals surface area contributed by atoms with E-state index in [4.69, 9.17) is 22.8 Å². The molecule has 0 aromatic rings. The summed E-state index contributed by atoms with van der Waals surface area (Å²) in [5, 5.41) is 0. The first-order chi connectivity index (χ1) is 12.2. The zero-order valence-corrected chi connectivity index (χ0v) is 17.9. The maximum Gasteiger partial charge on any atom is 0.501 e. The topological polar surface area (TPSA) is 49.5 Å². The third-order valence-electron chi connectivity index (χ3n) is 4.17. The van der Waals surface area contributed by atoms with Gasteiger partial charge in [0.25, 0.3) is 0 Å². The Morgan fingerprint density at radius 1 is 0.920 bits per heavy atom. The molecule has 0 amide bonds. The third-order valence-corrected chi connectivity index (χ3v) is 7.30. The van der Waals surface area contributed by atoms with Crippen LogP contribution in [0.5, 0.6) is 0 Å². The Bertz CT molecular complexity index is 286. The Kier molecular flexibility index (Phi) is 13.0. The molecule has 1 aliphatic rings. The zero-order chi connectivity index (χ0) is 18.4. The molecule has 25 heavy (non-hydrogen) atoms. The third kappa shape index (κ3) is 11.4. The molecule has 0 N–H and O–H groups in total. The predicted molar refractivity (Wildman–Crippen MR) is 103 cm³/mol. The highest BCUT2D eigenvalue weighted by Crippen LogP contribution is 2.24. The van der Waals surface area contributed by atoms with E-state index in [0.717, 1.165) is 71.0 Å². The number of unbranched alkanes of at least 4 members (excludes halogenated alkanes) is 3. The van der Waals surface area contributed by atoms with Crippen molar-refractivity contribution in [2.75, 3.05) is 39.6 Å². The minimum Gasteiger partial charge on any atom is -0.378 e. The molecule has 2 atom stereocenters. The molecule has 0 aliphatic carbocycles. The smallest absolute Gasteiger partial charge is 0.378 e. The second kappa shape index (κ2) is 14.1. The van der Waals surface area contributed by atoms with Crippen molar-refractivity contribution < 1.29 is 22.8 Å². The predicted octanol–water partition coefficient (Wildman–Crippen LogP) is 4.43. The van der Waals surface area contributed by atoms with Crippen LogP contribution < -0.4 is 0 Å². The minimum atomic E-state index is -2.64. The average molecular weight is 377 g/mol. The van der Waals surface area contributed by atoms with Gasteiger partial charge in [-0.3, -0.25) is 0 Å². The number of hydrogen-bond acceptors (Lipinski definition) is 5. The van der Waals surface area contributed by atoms with Crippen LogP contribution in [0.4, 0.5) is 0 Å². The molecule has 0 bridgehead atoms. The summed E-state index contributed by atoms with van der Waals surface area (Å²) in [6.45, 7) is 13.2. The molecule has 1 rings (SSSR count). The van der Waals surface area contributed by atoms with Crippen LogP contribution in [0.15, 0.2) is 0 Å². The highest BCUT2D eigenvalue weighted by molar-refractivity contribution is 6.60. The van der Waals surface area contributed by atoms with Crippen LogP contribution in [0.3, 0.4) is 0 Å². The van der Waals surface area contributed by atoms with Crippen LogP contribution in [-0.2, 0) is 22.8 Å². The largest absolute Gasteiger partial charge is 0.501 e. The lowest BCUT2D eigenvalue weighted by Gasteiger charge is -2.32. The van der Waals surface area contributed by atoms with Crippen LogP contribution >= 0.6 is 0 Å². The Balaban J connectivity index is 2.56. The first-order valence-electron chi connectivity index (χ1n) is 10.3. The van der Waals surface area contributed by atoms with E-state index in [0.29, 0.717) is 25.2 Å². The minimum absolute atomic E-state index is 0.316. The Labute approximate surface area is 156 Å². The highest BCUT2D eigenvalue weighted by atomic mass is 28.4. The van der Waals surface area contributed by atoms with E-state index >= 15 is 0 Å². The molecule has 5 nitrogen and oxygen atoms in total. The van der Waals surface area contributed by atoms with Crippen LogP contribution in [0, 0.1) is 5.92 Å². The highest BCUT2D eigenvalue weighted by Gasteiger charge is 2.42. The quantitative estimate of drug-likeness (QED) is 0.201. The molecular weight excluding hydrogens is 336 g/mol. The van der Waals surface area contributed by atoms with E-state index in [1.807, 2.05) is 0 Å². The molecule has 1 saturated heterocycles. The van der Waals surface area contributed by atoms with Crippen LogP contribution in [0.2, 0.25) is 6.04 Å². The van der Waals surface area contributed by atoms with Gasteiger partial charge in [0.2, 0.25) is 0 Å². The van der Waals surface area contributed by atoms with Crippen molar-refractivity contribution in [2.45, 2.75) is 78.4 Å². The van der Waals surface area contributed by atoms with E-state index in [-0.39, 0.29) is 0 Å². The van der Waals surface area contributed by atoms with E-state index in [2.05, 4.69) is 27.7 Å². The lowest BCUT2D eigenvalue weighted by molar-refractivity contribution is 0.0432. The van der Waals surface area contributed by atoms with E-state index < -0.39 is 8.80 Å². The number of ether oxygens (including phenoxy) is 2. The Morgan fingerprint density at radius 2 is 1.40 bits per heavy atom. The van der Waals surface area contributed by atoms with Crippen LogP contribution in [0.1, 0.15) is 66.2 Å². The summed E-state index contributed by atoms with van der Waals surface area (Å²) in [7, 11) is -2.64. The molecule has 0 aromatic carbocycles. The first kappa shape index (κ1) is 23.1. The van der Waals surface area contributed by atoms with Gasteiger partial charge in [-0.2, -0.15) is 0 Å². The lowest BCUT2D eigenvalue weighted by Crippen LogP contribution is -2.48. The second-order valence-electron chi connectivity index (χ2n) is 7.09. The van der Waals surface area contributed by atoms with Gasteiger partial charge in [-0.1, -0.05) is 47.0 Å². The molecule has 0 radical (unpaired) electrons. The van der Waals surface area contributed by atoms with Gasteiger partial charge in [0.1, 0.15) is 6.10 Å². The number of rotatable bonds is 18. The van der Waals surface area contributed by atoms with E-state index in [9.17, 15) is 0 Å². The Morgan fingerprint density at radius 3 is 1.80 bits per heavy atom. The normalized spacial score (nSPS) is 18.5. The molecule has 150 valence electrons. The molecule has 0 spiro atoms. The van der Waals surface area contributed by atoms with Crippen molar-refractivity contribution in [3.8, 4) is 0 Å². The van der Waals surface area contributed by atoms with Gasteiger partial charge in [-0.15, -0.1) is 0 Å². The lowest BCUT2D eigenvalue weighted by atomic mass is 10.2. The maximum absolute atomic E-state index is 6.29. The fraction of sp³-hybridized carbons (Fsp3) is 1.00. The molecular formula is C19H40O5Si. The molecule has 2 unspecified atom stereocenters. The molecule has 1 fully saturated rings. The summed E-state index contributed by atoms with van der Waals surface area (Å²) >= 11 is 0. The summed E-state index contributed by atoms with van der Waals surface area (Å²) in [6.07, 6.45) is 6.82. The van der Waals surface area contributed by atoms with Crippen molar-refractivity contribution in [3.63, 3.8) is 0 Å². The number of hydrogen-bond donors (Lipinski definition) is 0. The van der Waals surface area contributed by atoms with Gasteiger partial charge >= 0.3 is 8.80 Å². The average Bonchev–Trinajstić information content (AvgIpc) is 3.40. The van der Waals surface area contributed by atoms with Gasteiger partial charge in [0.15, 0.2) is 0 Å².